The zero-order valence-corrected chi connectivity index (χ0v) is 13.9. The monoisotopic (exact) mass is 368 g/mol. The summed E-state index contributed by atoms with van der Waals surface area (Å²) in [4.78, 5) is 8.39. The number of hydrogen-bond acceptors (Lipinski definition) is 3. The first-order valence-corrected chi connectivity index (χ1v) is 6.37. The van der Waals surface area contributed by atoms with Crippen molar-refractivity contribution in [2.75, 3.05) is 7.05 Å². The second-order valence-corrected chi connectivity index (χ2v) is 5.01. The van der Waals surface area contributed by atoms with Gasteiger partial charge in [0, 0.05) is 24.7 Å². The summed E-state index contributed by atoms with van der Waals surface area (Å²) in [5, 5.41) is 9.63. The maximum atomic E-state index is 4.21. The molecule has 0 aliphatic heterocycles. The molecule has 6 heteroatoms. The number of nitrogens with one attached hydrogen (secondary N) is 2. The van der Waals surface area contributed by atoms with Crippen LogP contribution in [0.15, 0.2) is 16.6 Å². The summed E-state index contributed by atoms with van der Waals surface area (Å²) < 4.78 is 0. The molecule has 0 radical (unpaired) electrons. The molecule has 0 aromatic carbocycles. The van der Waals surface area contributed by atoms with Gasteiger partial charge in [0.05, 0.1) is 6.54 Å². The largest absolute Gasteiger partial charge is 0.354 e. The van der Waals surface area contributed by atoms with E-state index in [9.17, 15) is 0 Å². The van der Waals surface area contributed by atoms with Crippen LogP contribution in [0.2, 0.25) is 0 Å². The van der Waals surface area contributed by atoms with Crippen LogP contribution in [0.1, 0.15) is 25.8 Å². The van der Waals surface area contributed by atoms with E-state index in [1.54, 1.807) is 18.4 Å². The third-order valence-corrected chi connectivity index (χ3v) is 3.26. The van der Waals surface area contributed by atoms with Crippen molar-refractivity contribution in [2.45, 2.75) is 33.4 Å². The van der Waals surface area contributed by atoms with E-state index in [0.29, 0.717) is 12.0 Å². The molecule has 1 unspecified atom stereocenters. The van der Waals surface area contributed by atoms with Gasteiger partial charge in [0.25, 0.3) is 0 Å². The third kappa shape index (κ3) is 6.21. The Kier molecular flexibility index (Phi) is 8.49. The van der Waals surface area contributed by atoms with Crippen LogP contribution in [-0.2, 0) is 6.54 Å². The average Bonchev–Trinajstić information content (AvgIpc) is 2.76. The van der Waals surface area contributed by atoms with Gasteiger partial charge < -0.3 is 10.6 Å². The lowest BCUT2D eigenvalue weighted by Gasteiger charge is -2.20. The van der Waals surface area contributed by atoms with Crippen molar-refractivity contribution in [2.24, 2.45) is 10.9 Å². The Morgan fingerprint density at radius 3 is 2.65 bits per heavy atom. The van der Waals surface area contributed by atoms with Crippen LogP contribution in [0.3, 0.4) is 0 Å². The van der Waals surface area contributed by atoms with Crippen LogP contribution in [0.5, 0.6) is 0 Å². The summed E-state index contributed by atoms with van der Waals surface area (Å²) in [7, 11) is 1.78. The summed E-state index contributed by atoms with van der Waals surface area (Å²) in [5.41, 5.74) is 0. The first-order valence-electron chi connectivity index (χ1n) is 5.49. The van der Waals surface area contributed by atoms with E-state index in [-0.39, 0.29) is 24.0 Å². The summed E-state index contributed by atoms with van der Waals surface area (Å²) in [5.74, 6) is 1.41. The molecule has 0 aliphatic rings. The predicted octanol–water partition coefficient (Wildman–Crippen LogP) is 2.47. The minimum atomic E-state index is 0. The van der Waals surface area contributed by atoms with Crippen LogP contribution in [0, 0.1) is 5.92 Å². The van der Waals surface area contributed by atoms with E-state index in [2.05, 4.69) is 41.4 Å². The van der Waals surface area contributed by atoms with E-state index in [0.717, 1.165) is 17.5 Å². The number of thiazole rings is 1. The SMILES string of the molecule is CN=C(NCc1nccs1)NC(C)C(C)C.I. The molecule has 1 heterocycles. The van der Waals surface area contributed by atoms with Gasteiger partial charge in [0.1, 0.15) is 5.01 Å². The lowest BCUT2D eigenvalue weighted by atomic mass is 10.1. The first kappa shape index (κ1) is 16.6. The minimum Gasteiger partial charge on any atom is -0.354 e. The fraction of sp³-hybridized carbons (Fsp3) is 0.636. The van der Waals surface area contributed by atoms with Crippen molar-refractivity contribution >= 4 is 41.3 Å². The molecule has 1 atom stereocenters. The molecule has 17 heavy (non-hydrogen) atoms. The highest BCUT2D eigenvalue weighted by molar-refractivity contribution is 14.0. The Morgan fingerprint density at radius 2 is 2.18 bits per heavy atom. The lowest BCUT2D eigenvalue weighted by molar-refractivity contribution is 0.481. The number of nitrogens with zero attached hydrogens (tertiary/aromatic N) is 2. The van der Waals surface area contributed by atoms with Gasteiger partial charge in [-0.2, -0.15) is 0 Å². The molecule has 2 N–H and O–H groups in total. The number of aromatic nitrogens is 1. The molecule has 0 fully saturated rings. The van der Waals surface area contributed by atoms with Crippen LogP contribution < -0.4 is 10.6 Å². The molecule has 1 aromatic heterocycles. The van der Waals surface area contributed by atoms with Gasteiger partial charge in [-0.3, -0.25) is 4.99 Å². The van der Waals surface area contributed by atoms with Crippen LogP contribution in [0.25, 0.3) is 0 Å². The maximum Gasteiger partial charge on any atom is 0.191 e. The van der Waals surface area contributed by atoms with Crippen molar-refractivity contribution in [3.63, 3.8) is 0 Å². The fourth-order valence-corrected chi connectivity index (χ4v) is 1.63. The second kappa shape index (κ2) is 8.68. The molecular formula is C11H21IN4S. The second-order valence-electron chi connectivity index (χ2n) is 4.03. The summed E-state index contributed by atoms with van der Waals surface area (Å²) >= 11 is 1.64. The van der Waals surface area contributed by atoms with Gasteiger partial charge in [-0.25, -0.2) is 4.98 Å². The highest BCUT2D eigenvalue weighted by atomic mass is 127. The van der Waals surface area contributed by atoms with E-state index >= 15 is 0 Å². The molecule has 0 saturated heterocycles. The Hall–Kier alpha value is -0.370. The Morgan fingerprint density at radius 1 is 1.47 bits per heavy atom. The smallest absolute Gasteiger partial charge is 0.191 e. The number of hydrogen-bond donors (Lipinski definition) is 2. The third-order valence-electron chi connectivity index (χ3n) is 2.48. The van der Waals surface area contributed by atoms with Gasteiger partial charge in [-0.1, -0.05) is 13.8 Å². The van der Waals surface area contributed by atoms with E-state index in [1.165, 1.54) is 0 Å². The van der Waals surface area contributed by atoms with Gasteiger partial charge in [0.2, 0.25) is 0 Å². The highest BCUT2D eigenvalue weighted by Crippen LogP contribution is 2.03. The van der Waals surface area contributed by atoms with Crippen LogP contribution >= 0.6 is 35.3 Å². The number of aliphatic imine (C=N–C) groups is 1. The standard InChI is InChI=1S/C11H20N4S.HI/c1-8(2)9(3)15-11(12-4)14-7-10-13-5-6-16-10;/h5-6,8-9H,7H2,1-4H3,(H2,12,14,15);1H. The lowest BCUT2D eigenvalue weighted by Crippen LogP contribution is -2.43. The number of guanidine groups is 1. The average molecular weight is 368 g/mol. The maximum absolute atomic E-state index is 4.21. The van der Waals surface area contributed by atoms with Gasteiger partial charge in [-0.15, -0.1) is 35.3 Å². The van der Waals surface area contributed by atoms with E-state index in [4.69, 9.17) is 0 Å². The van der Waals surface area contributed by atoms with Crippen LogP contribution in [0.4, 0.5) is 0 Å². The molecule has 1 rings (SSSR count). The van der Waals surface area contributed by atoms with Crippen molar-refractivity contribution in [3.8, 4) is 0 Å². The summed E-state index contributed by atoms with van der Waals surface area (Å²) in [6.07, 6.45) is 1.81. The fourth-order valence-electron chi connectivity index (χ4n) is 1.08. The summed E-state index contributed by atoms with van der Waals surface area (Å²) in [6, 6.07) is 0.405. The van der Waals surface area contributed by atoms with Crippen molar-refractivity contribution in [1.82, 2.24) is 15.6 Å². The molecular weight excluding hydrogens is 347 g/mol. The molecule has 0 amide bonds. The zero-order valence-electron chi connectivity index (χ0n) is 10.7. The molecule has 0 spiro atoms. The molecule has 4 nitrogen and oxygen atoms in total. The predicted molar refractivity (Wildman–Crippen MR) is 85.2 cm³/mol. The van der Waals surface area contributed by atoms with Crippen LogP contribution in [-0.4, -0.2) is 24.0 Å². The Labute approximate surface area is 124 Å². The molecule has 0 aliphatic carbocycles. The zero-order chi connectivity index (χ0) is 12.0. The van der Waals surface area contributed by atoms with Crippen molar-refractivity contribution in [1.29, 1.82) is 0 Å². The molecule has 0 saturated carbocycles. The number of rotatable bonds is 4. The Bertz CT molecular complexity index is 324. The van der Waals surface area contributed by atoms with Gasteiger partial charge in [-0.05, 0) is 12.8 Å². The molecule has 0 bridgehead atoms. The van der Waals surface area contributed by atoms with E-state index < -0.39 is 0 Å². The minimum absolute atomic E-state index is 0. The highest BCUT2D eigenvalue weighted by Gasteiger charge is 2.08. The van der Waals surface area contributed by atoms with Gasteiger partial charge >= 0.3 is 0 Å². The van der Waals surface area contributed by atoms with E-state index in [1.807, 2.05) is 11.6 Å². The summed E-state index contributed by atoms with van der Waals surface area (Å²) in [6.45, 7) is 7.25. The van der Waals surface area contributed by atoms with Crippen molar-refractivity contribution < 1.29 is 0 Å². The molecule has 1 aromatic rings. The Balaban J connectivity index is 0.00000256. The topological polar surface area (TPSA) is 49.3 Å². The first-order chi connectivity index (χ1) is 7.63. The quantitative estimate of drug-likeness (QED) is 0.488. The number of halogens is 1. The van der Waals surface area contributed by atoms with Crippen molar-refractivity contribution in [3.05, 3.63) is 16.6 Å². The molecule has 98 valence electrons. The normalized spacial score (nSPS) is 13.1. The van der Waals surface area contributed by atoms with Gasteiger partial charge in [0.15, 0.2) is 5.96 Å².